The van der Waals surface area contributed by atoms with Crippen LogP contribution in [0.5, 0.6) is 0 Å². The van der Waals surface area contributed by atoms with E-state index in [1.165, 1.54) is 11.1 Å². The largest absolute Gasteiger partial charge is 0.253 e. The molecule has 2 aromatic rings. The van der Waals surface area contributed by atoms with Crippen LogP contribution in [0.25, 0.3) is 0 Å². The average molecular weight is 223 g/mol. The third-order valence-corrected chi connectivity index (χ3v) is 2.83. The quantitative estimate of drug-likeness (QED) is 0.684. The van der Waals surface area contributed by atoms with Crippen molar-refractivity contribution in [3.8, 4) is 0 Å². The molecule has 2 rings (SSSR count). The number of para-hydroxylation sites is 1. The first-order chi connectivity index (χ1) is 8.29. The number of nitrogens with zero attached hydrogens (tertiary/aromatic N) is 1. The number of aliphatic imine (C=N–C) groups is 1. The van der Waals surface area contributed by atoms with Crippen molar-refractivity contribution in [3.63, 3.8) is 0 Å². The molecule has 0 fully saturated rings. The third-order valence-electron chi connectivity index (χ3n) is 2.83. The fourth-order valence-corrected chi connectivity index (χ4v) is 1.74. The van der Waals surface area contributed by atoms with Gasteiger partial charge in [-0.25, -0.2) is 0 Å². The molecule has 0 saturated heterocycles. The molecular formula is C16H17N. The van der Waals surface area contributed by atoms with Gasteiger partial charge in [0.1, 0.15) is 0 Å². The molecule has 0 aliphatic heterocycles. The Morgan fingerprint density at radius 1 is 0.941 bits per heavy atom. The SMILES string of the molecule is CCc1ccc(C(C)=Nc2ccccc2)cc1. The maximum Gasteiger partial charge on any atom is 0.0633 e. The van der Waals surface area contributed by atoms with Crippen LogP contribution in [0.4, 0.5) is 5.69 Å². The van der Waals surface area contributed by atoms with E-state index in [-0.39, 0.29) is 0 Å². The smallest absolute Gasteiger partial charge is 0.0633 e. The van der Waals surface area contributed by atoms with E-state index in [9.17, 15) is 0 Å². The second-order valence-corrected chi connectivity index (χ2v) is 4.08. The molecule has 17 heavy (non-hydrogen) atoms. The van der Waals surface area contributed by atoms with Gasteiger partial charge in [-0.15, -0.1) is 0 Å². The molecule has 0 radical (unpaired) electrons. The maximum absolute atomic E-state index is 4.60. The van der Waals surface area contributed by atoms with E-state index in [0.717, 1.165) is 17.8 Å². The van der Waals surface area contributed by atoms with Crippen LogP contribution in [0, 0.1) is 0 Å². The normalized spacial score (nSPS) is 11.5. The molecule has 0 N–H and O–H groups in total. The van der Waals surface area contributed by atoms with Crippen LogP contribution in [0.15, 0.2) is 59.6 Å². The maximum atomic E-state index is 4.60. The van der Waals surface area contributed by atoms with Crippen molar-refractivity contribution in [1.82, 2.24) is 0 Å². The minimum Gasteiger partial charge on any atom is -0.253 e. The van der Waals surface area contributed by atoms with E-state index < -0.39 is 0 Å². The van der Waals surface area contributed by atoms with Gasteiger partial charge in [0.25, 0.3) is 0 Å². The fourth-order valence-electron chi connectivity index (χ4n) is 1.74. The Labute approximate surface area is 103 Å². The van der Waals surface area contributed by atoms with Crippen molar-refractivity contribution in [2.45, 2.75) is 20.3 Å². The first-order valence-corrected chi connectivity index (χ1v) is 5.99. The molecule has 0 unspecified atom stereocenters. The number of hydrogen-bond donors (Lipinski definition) is 0. The van der Waals surface area contributed by atoms with Crippen molar-refractivity contribution in [2.75, 3.05) is 0 Å². The molecular weight excluding hydrogens is 206 g/mol. The van der Waals surface area contributed by atoms with Crippen LogP contribution in [-0.4, -0.2) is 5.71 Å². The monoisotopic (exact) mass is 223 g/mol. The molecule has 1 nitrogen and oxygen atoms in total. The lowest BCUT2D eigenvalue weighted by Gasteiger charge is -2.02. The number of rotatable bonds is 3. The molecule has 86 valence electrons. The van der Waals surface area contributed by atoms with E-state index in [2.05, 4.69) is 36.2 Å². The summed E-state index contributed by atoms with van der Waals surface area (Å²) in [4.78, 5) is 4.60. The van der Waals surface area contributed by atoms with Gasteiger partial charge in [-0.3, -0.25) is 4.99 Å². The van der Waals surface area contributed by atoms with Crippen LogP contribution in [0.1, 0.15) is 25.0 Å². The fraction of sp³-hybridized carbons (Fsp3) is 0.188. The van der Waals surface area contributed by atoms with Crippen LogP contribution in [0.3, 0.4) is 0 Å². The summed E-state index contributed by atoms with van der Waals surface area (Å²) in [5.41, 5.74) is 4.61. The molecule has 0 aromatic heterocycles. The van der Waals surface area contributed by atoms with Gasteiger partial charge in [0.2, 0.25) is 0 Å². The summed E-state index contributed by atoms with van der Waals surface area (Å²) in [5, 5.41) is 0. The van der Waals surface area contributed by atoms with Crippen LogP contribution in [-0.2, 0) is 6.42 Å². The number of hydrogen-bond acceptors (Lipinski definition) is 1. The van der Waals surface area contributed by atoms with E-state index >= 15 is 0 Å². The highest BCUT2D eigenvalue weighted by molar-refractivity contribution is 6.00. The first kappa shape index (κ1) is 11.6. The van der Waals surface area contributed by atoms with E-state index in [1.54, 1.807) is 0 Å². The van der Waals surface area contributed by atoms with Gasteiger partial charge < -0.3 is 0 Å². The zero-order chi connectivity index (χ0) is 12.1. The van der Waals surface area contributed by atoms with Crippen LogP contribution < -0.4 is 0 Å². The van der Waals surface area contributed by atoms with Crippen molar-refractivity contribution >= 4 is 11.4 Å². The molecule has 0 amide bonds. The van der Waals surface area contributed by atoms with Crippen LogP contribution >= 0.6 is 0 Å². The van der Waals surface area contributed by atoms with Gasteiger partial charge in [-0.2, -0.15) is 0 Å². The van der Waals surface area contributed by atoms with E-state index in [1.807, 2.05) is 37.3 Å². The van der Waals surface area contributed by atoms with Crippen LogP contribution in [0.2, 0.25) is 0 Å². The highest BCUT2D eigenvalue weighted by Crippen LogP contribution is 2.13. The lowest BCUT2D eigenvalue weighted by molar-refractivity contribution is 1.14. The van der Waals surface area contributed by atoms with Gasteiger partial charge in [0.05, 0.1) is 5.69 Å². The minimum absolute atomic E-state index is 1.00. The zero-order valence-corrected chi connectivity index (χ0v) is 10.4. The Balaban J connectivity index is 2.24. The molecule has 0 spiro atoms. The first-order valence-electron chi connectivity index (χ1n) is 5.99. The van der Waals surface area contributed by atoms with Crippen molar-refractivity contribution in [2.24, 2.45) is 4.99 Å². The van der Waals surface area contributed by atoms with Crippen molar-refractivity contribution in [3.05, 3.63) is 65.7 Å². The summed E-state index contributed by atoms with van der Waals surface area (Å²) in [6.07, 6.45) is 1.08. The number of aryl methyl sites for hydroxylation is 1. The van der Waals surface area contributed by atoms with Crippen molar-refractivity contribution < 1.29 is 0 Å². The highest BCUT2D eigenvalue weighted by atomic mass is 14.7. The minimum atomic E-state index is 1.00. The molecule has 2 aromatic carbocycles. The topological polar surface area (TPSA) is 12.4 Å². The second-order valence-electron chi connectivity index (χ2n) is 4.08. The molecule has 0 aliphatic rings. The summed E-state index contributed by atoms with van der Waals surface area (Å²) in [6.45, 7) is 4.22. The van der Waals surface area contributed by atoms with Gasteiger partial charge in [0, 0.05) is 5.71 Å². The average Bonchev–Trinajstić information content (AvgIpc) is 2.40. The van der Waals surface area contributed by atoms with Crippen molar-refractivity contribution in [1.29, 1.82) is 0 Å². The predicted molar refractivity (Wildman–Crippen MR) is 74.1 cm³/mol. The van der Waals surface area contributed by atoms with Gasteiger partial charge >= 0.3 is 0 Å². The van der Waals surface area contributed by atoms with Gasteiger partial charge in [-0.1, -0.05) is 49.4 Å². The molecule has 0 atom stereocenters. The summed E-state index contributed by atoms with van der Waals surface area (Å²) in [7, 11) is 0. The predicted octanol–water partition coefficient (Wildman–Crippen LogP) is 4.39. The molecule has 1 heteroatoms. The molecule has 0 heterocycles. The van der Waals surface area contributed by atoms with E-state index in [0.29, 0.717) is 0 Å². The summed E-state index contributed by atoms with van der Waals surface area (Å²) >= 11 is 0. The molecule has 0 bridgehead atoms. The highest BCUT2D eigenvalue weighted by Gasteiger charge is 1.97. The Morgan fingerprint density at radius 3 is 2.18 bits per heavy atom. The number of benzene rings is 2. The lowest BCUT2D eigenvalue weighted by Crippen LogP contribution is -1.94. The summed E-state index contributed by atoms with van der Waals surface area (Å²) < 4.78 is 0. The third kappa shape index (κ3) is 3.04. The second kappa shape index (κ2) is 5.44. The Hall–Kier alpha value is -1.89. The van der Waals surface area contributed by atoms with Gasteiger partial charge in [-0.05, 0) is 36.6 Å². The molecule has 0 saturated carbocycles. The summed E-state index contributed by atoms with van der Waals surface area (Å²) in [5.74, 6) is 0. The van der Waals surface area contributed by atoms with Gasteiger partial charge in [0.15, 0.2) is 0 Å². The Morgan fingerprint density at radius 2 is 1.59 bits per heavy atom. The summed E-state index contributed by atoms with van der Waals surface area (Å²) in [6, 6.07) is 18.7. The van der Waals surface area contributed by atoms with E-state index in [4.69, 9.17) is 0 Å². The zero-order valence-electron chi connectivity index (χ0n) is 10.4. The Kier molecular flexibility index (Phi) is 3.71. The Bertz CT molecular complexity index is 495. The molecule has 0 aliphatic carbocycles. The lowest BCUT2D eigenvalue weighted by atomic mass is 10.1. The standard InChI is InChI=1S/C16H17N/c1-3-14-9-11-15(12-10-14)13(2)17-16-7-5-4-6-8-16/h4-12H,3H2,1-2H3.